The summed E-state index contributed by atoms with van der Waals surface area (Å²) in [4.78, 5) is 47.0. The van der Waals surface area contributed by atoms with Crippen LogP contribution in [0.1, 0.15) is 58.4 Å². The average molecular weight is 583 g/mol. The third-order valence-electron chi connectivity index (χ3n) is 8.51. The van der Waals surface area contributed by atoms with Crippen molar-refractivity contribution in [1.82, 2.24) is 20.1 Å². The Morgan fingerprint density at radius 1 is 1.12 bits per heavy atom. The molecule has 3 aliphatic heterocycles. The van der Waals surface area contributed by atoms with Gasteiger partial charge in [-0.25, -0.2) is 9.37 Å². The van der Waals surface area contributed by atoms with Crippen LogP contribution in [0.2, 0.25) is 0 Å². The number of aromatic nitrogens is 1. The molecule has 1 N–H and O–H groups in total. The fraction of sp³-hybridized carbons (Fsp3) is 0.344. The second-order valence-electron chi connectivity index (χ2n) is 11.1. The predicted octanol–water partition coefficient (Wildman–Crippen LogP) is 3.32. The predicted molar refractivity (Wildman–Crippen MR) is 154 cm³/mol. The molecule has 220 valence electrons. The van der Waals surface area contributed by atoms with Crippen LogP contribution in [0, 0.1) is 17.1 Å². The zero-order valence-corrected chi connectivity index (χ0v) is 23.8. The molecule has 2 fully saturated rings. The van der Waals surface area contributed by atoms with Crippen LogP contribution in [-0.2, 0) is 22.7 Å². The Hall–Kier alpha value is -4.82. The van der Waals surface area contributed by atoms with Crippen molar-refractivity contribution >= 4 is 23.5 Å². The van der Waals surface area contributed by atoms with Gasteiger partial charge in [-0.15, -0.1) is 0 Å². The molecule has 0 spiro atoms. The Labute approximate surface area is 248 Å². The number of benzene rings is 2. The first-order valence-corrected chi connectivity index (χ1v) is 14.3. The fourth-order valence-corrected chi connectivity index (χ4v) is 6.00. The van der Waals surface area contributed by atoms with E-state index in [9.17, 15) is 18.8 Å². The lowest BCUT2D eigenvalue weighted by Gasteiger charge is -2.38. The number of hydrogen-bond acceptors (Lipinski definition) is 8. The Bertz CT molecular complexity index is 1610. The molecule has 11 heteroatoms. The topological polar surface area (TPSA) is 119 Å². The van der Waals surface area contributed by atoms with E-state index in [1.807, 2.05) is 29.2 Å². The molecule has 3 amide bonds. The molecule has 0 aliphatic carbocycles. The minimum absolute atomic E-state index is 0.164. The van der Waals surface area contributed by atoms with Gasteiger partial charge in [-0.05, 0) is 42.7 Å². The van der Waals surface area contributed by atoms with Gasteiger partial charge < -0.3 is 14.5 Å². The number of halogens is 1. The quantitative estimate of drug-likeness (QED) is 0.422. The van der Waals surface area contributed by atoms with Gasteiger partial charge in [0.1, 0.15) is 24.5 Å². The first-order valence-electron chi connectivity index (χ1n) is 14.3. The number of carbonyl (C=O) groups is 3. The van der Waals surface area contributed by atoms with Crippen LogP contribution in [0.3, 0.4) is 0 Å². The summed E-state index contributed by atoms with van der Waals surface area (Å²) < 4.78 is 20.6. The Balaban J connectivity index is 1.05. The second-order valence-corrected chi connectivity index (χ2v) is 11.1. The standard InChI is InChI=1S/C32H31FN6O4/c1-20(37-11-13-38(14-12-37)30-26(33)15-22(16-34)17-35-30)23-7-5-21(6-8-23)19-43-28-4-2-3-24-25(28)18-39(32(24)42)27-9-10-29(40)36-31(27)41/h2-8,15,17,20,27H,9-14,18-19H2,1H3,(H,36,40,41)/t20?,27-/m0/s1. The molecule has 3 aliphatic rings. The third kappa shape index (κ3) is 5.66. The normalized spacial score (nSPS) is 19.6. The van der Waals surface area contributed by atoms with Gasteiger partial charge in [-0.2, -0.15) is 5.26 Å². The summed E-state index contributed by atoms with van der Waals surface area (Å²) in [6.45, 7) is 5.50. The molecule has 43 heavy (non-hydrogen) atoms. The molecule has 2 aromatic carbocycles. The van der Waals surface area contributed by atoms with Crippen molar-refractivity contribution in [2.24, 2.45) is 0 Å². The summed E-state index contributed by atoms with van der Waals surface area (Å²) in [5, 5.41) is 11.3. The van der Waals surface area contributed by atoms with E-state index in [-0.39, 0.29) is 42.2 Å². The van der Waals surface area contributed by atoms with Crippen molar-refractivity contribution in [2.75, 3.05) is 31.1 Å². The number of anilines is 1. The number of amides is 3. The molecule has 0 bridgehead atoms. The summed E-state index contributed by atoms with van der Waals surface area (Å²) in [7, 11) is 0. The summed E-state index contributed by atoms with van der Waals surface area (Å²) in [5.74, 6) is -0.569. The van der Waals surface area contributed by atoms with Gasteiger partial charge >= 0.3 is 0 Å². The maximum atomic E-state index is 14.4. The van der Waals surface area contributed by atoms with Crippen molar-refractivity contribution in [2.45, 2.75) is 45.0 Å². The number of piperazine rings is 1. The Morgan fingerprint density at radius 2 is 1.88 bits per heavy atom. The van der Waals surface area contributed by atoms with Gasteiger partial charge in [-0.1, -0.05) is 30.3 Å². The van der Waals surface area contributed by atoms with Crippen molar-refractivity contribution < 1.29 is 23.5 Å². The maximum absolute atomic E-state index is 14.4. The Morgan fingerprint density at radius 3 is 2.58 bits per heavy atom. The molecule has 2 atom stereocenters. The van der Waals surface area contributed by atoms with Crippen molar-refractivity contribution in [3.8, 4) is 11.8 Å². The SMILES string of the molecule is CC(c1ccc(COc2cccc3c2CN([C@H]2CCC(=O)NC2=O)C3=O)cc1)N1CCN(c2ncc(C#N)cc2F)CC1. The number of piperidine rings is 1. The number of nitriles is 1. The highest BCUT2D eigenvalue weighted by Crippen LogP contribution is 2.34. The van der Waals surface area contributed by atoms with E-state index in [0.29, 0.717) is 37.4 Å². The van der Waals surface area contributed by atoms with Gasteiger partial charge in [0.05, 0.1) is 12.1 Å². The highest BCUT2D eigenvalue weighted by Gasteiger charge is 2.40. The van der Waals surface area contributed by atoms with E-state index in [2.05, 4.69) is 34.3 Å². The number of rotatable bonds is 7. The van der Waals surface area contributed by atoms with Gasteiger partial charge in [0, 0.05) is 56.0 Å². The summed E-state index contributed by atoms with van der Waals surface area (Å²) >= 11 is 0. The molecule has 2 saturated heterocycles. The molecule has 1 aromatic heterocycles. The van der Waals surface area contributed by atoms with E-state index in [1.54, 1.807) is 12.1 Å². The van der Waals surface area contributed by atoms with Crippen LogP contribution in [0.15, 0.2) is 54.7 Å². The summed E-state index contributed by atoms with van der Waals surface area (Å²) in [6, 6.07) is 16.2. The van der Waals surface area contributed by atoms with E-state index in [1.165, 1.54) is 17.2 Å². The van der Waals surface area contributed by atoms with Gasteiger partial charge in [0.25, 0.3) is 5.91 Å². The van der Waals surface area contributed by atoms with Crippen LogP contribution in [0.4, 0.5) is 10.2 Å². The number of carbonyl (C=O) groups excluding carboxylic acids is 3. The minimum atomic E-state index is -0.670. The molecule has 10 nitrogen and oxygen atoms in total. The summed E-state index contributed by atoms with van der Waals surface area (Å²) in [5.41, 5.74) is 3.61. The lowest BCUT2D eigenvalue weighted by molar-refractivity contribution is -0.136. The van der Waals surface area contributed by atoms with Gasteiger partial charge in [0.2, 0.25) is 11.8 Å². The van der Waals surface area contributed by atoms with Crippen molar-refractivity contribution in [3.05, 3.63) is 88.4 Å². The molecule has 1 unspecified atom stereocenters. The third-order valence-corrected chi connectivity index (χ3v) is 8.51. The van der Waals surface area contributed by atoms with Crippen LogP contribution in [-0.4, -0.2) is 64.7 Å². The highest BCUT2D eigenvalue weighted by molar-refractivity contribution is 6.05. The number of ether oxygens (including phenoxy) is 1. The highest BCUT2D eigenvalue weighted by atomic mass is 19.1. The van der Waals surface area contributed by atoms with E-state index >= 15 is 0 Å². The Kier molecular flexibility index (Phi) is 7.78. The second kappa shape index (κ2) is 11.8. The number of nitrogens with one attached hydrogen (secondary N) is 1. The number of nitrogens with zero attached hydrogens (tertiary/aromatic N) is 5. The lowest BCUT2D eigenvalue weighted by Crippen LogP contribution is -2.52. The van der Waals surface area contributed by atoms with Crippen LogP contribution in [0.5, 0.6) is 5.75 Å². The summed E-state index contributed by atoms with van der Waals surface area (Å²) in [6.07, 6.45) is 1.92. The molecular formula is C32H31FN6O4. The minimum Gasteiger partial charge on any atom is -0.489 e. The zero-order valence-electron chi connectivity index (χ0n) is 23.8. The molecule has 6 rings (SSSR count). The number of pyridine rings is 1. The number of imide groups is 1. The number of fused-ring (bicyclic) bond motifs is 1. The van der Waals surface area contributed by atoms with Crippen molar-refractivity contribution in [3.63, 3.8) is 0 Å². The fourth-order valence-electron chi connectivity index (χ4n) is 6.00. The smallest absolute Gasteiger partial charge is 0.255 e. The van der Waals surface area contributed by atoms with Crippen LogP contribution >= 0.6 is 0 Å². The maximum Gasteiger partial charge on any atom is 0.255 e. The van der Waals surface area contributed by atoms with Gasteiger partial charge in [-0.3, -0.25) is 24.6 Å². The van der Waals surface area contributed by atoms with E-state index < -0.39 is 17.8 Å². The molecule has 3 aromatic rings. The largest absolute Gasteiger partial charge is 0.489 e. The zero-order chi connectivity index (χ0) is 30.1. The van der Waals surface area contributed by atoms with Crippen LogP contribution in [0.25, 0.3) is 0 Å². The van der Waals surface area contributed by atoms with Crippen molar-refractivity contribution in [1.29, 1.82) is 5.26 Å². The first kappa shape index (κ1) is 28.3. The molecule has 0 saturated carbocycles. The molecular weight excluding hydrogens is 551 g/mol. The lowest BCUT2D eigenvalue weighted by atomic mass is 10.0. The first-order chi connectivity index (χ1) is 20.8. The number of hydrogen-bond donors (Lipinski definition) is 1. The van der Waals surface area contributed by atoms with E-state index in [4.69, 9.17) is 10.00 Å². The monoisotopic (exact) mass is 582 g/mol. The van der Waals surface area contributed by atoms with E-state index in [0.717, 1.165) is 29.8 Å². The van der Waals surface area contributed by atoms with Gasteiger partial charge in [0.15, 0.2) is 11.6 Å². The average Bonchev–Trinajstić information content (AvgIpc) is 3.36. The molecule has 0 radical (unpaired) electrons. The van der Waals surface area contributed by atoms with Crippen LogP contribution < -0.4 is 15.0 Å². The molecule has 4 heterocycles.